The van der Waals surface area contributed by atoms with Crippen molar-refractivity contribution in [2.45, 2.75) is 64.9 Å². The maximum atomic E-state index is 11.7. The molecule has 0 amide bonds. The minimum Gasteiger partial charge on any atom is -0.481 e. The topological polar surface area (TPSA) is 57.5 Å². The molecule has 0 aliphatic heterocycles. The first kappa shape index (κ1) is 15.4. The second-order valence-electron chi connectivity index (χ2n) is 8.79. The number of aliphatic carboxylic acids is 1. The Morgan fingerprint density at radius 3 is 2.61 bits per heavy atom. The maximum absolute atomic E-state index is 11.7. The van der Waals surface area contributed by atoms with Crippen molar-refractivity contribution in [3.8, 4) is 0 Å². The highest BCUT2D eigenvalue weighted by Gasteiger charge is 2.57. The van der Waals surface area contributed by atoms with E-state index in [1.807, 2.05) is 0 Å². The number of carbonyl (C=O) groups is 1. The average molecular weight is 316 g/mol. The molecule has 2 unspecified atom stereocenters. The van der Waals surface area contributed by atoms with Gasteiger partial charge in [0.15, 0.2) is 0 Å². The molecule has 4 aliphatic carbocycles. The van der Waals surface area contributed by atoms with E-state index in [4.69, 9.17) is 0 Å². The number of hydrogen-bond acceptors (Lipinski definition) is 2. The SMILES string of the molecule is C[C@]12CC[C@H](O)CC1=CC=C1C2CC[C@@]2(C)C1CC[C@@H]2C(=O)O. The highest BCUT2D eigenvalue weighted by Crippen LogP contribution is 2.64. The summed E-state index contributed by atoms with van der Waals surface area (Å²) in [4.78, 5) is 11.7. The number of aliphatic hydroxyl groups is 1. The molecule has 2 N–H and O–H groups in total. The van der Waals surface area contributed by atoms with Crippen molar-refractivity contribution in [2.75, 3.05) is 0 Å². The molecule has 0 bridgehead atoms. The fourth-order valence-corrected chi connectivity index (χ4v) is 6.39. The first-order chi connectivity index (χ1) is 10.9. The summed E-state index contributed by atoms with van der Waals surface area (Å²) in [5.41, 5.74) is 3.06. The third-order valence-electron chi connectivity index (χ3n) is 7.84. The summed E-state index contributed by atoms with van der Waals surface area (Å²) in [7, 11) is 0. The van der Waals surface area contributed by atoms with Crippen molar-refractivity contribution in [3.63, 3.8) is 0 Å². The summed E-state index contributed by atoms with van der Waals surface area (Å²) in [5.74, 6) is 0.207. The van der Waals surface area contributed by atoms with Gasteiger partial charge in [0.2, 0.25) is 0 Å². The van der Waals surface area contributed by atoms with Crippen molar-refractivity contribution in [3.05, 3.63) is 23.3 Å². The van der Waals surface area contributed by atoms with Gasteiger partial charge in [-0.25, -0.2) is 0 Å². The fourth-order valence-electron chi connectivity index (χ4n) is 6.39. The van der Waals surface area contributed by atoms with E-state index in [0.717, 1.165) is 44.9 Å². The van der Waals surface area contributed by atoms with Crippen LogP contribution in [-0.2, 0) is 4.79 Å². The summed E-state index contributed by atoms with van der Waals surface area (Å²) in [6, 6.07) is 0. The zero-order valence-corrected chi connectivity index (χ0v) is 14.2. The molecule has 0 saturated heterocycles. The van der Waals surface area contributed by atoms with Crippen LogP contribution in [0.5, 0.6) is 0 Å². The number of carboxylic acids is 1. The number of aliphatic hydroxyl groups excluding tert-OH is 1. The summed E-state index contributed by atoms with van der Waals surface area (Å²) >= 11 is 0. The number of hydrogen-bond donors (Lipinski definition) is 2. The Labute approximate surface area is 138 Å². The number of allylic oxidation sites excluding steroid dienone is 3. The van der Waals surface area contributed by atoms with E-state index < -0.39 is 5.97 Å². The van der Waals surface area contributed by atoms with Gasteiger partial charge < -0.3 is 10.2 Å². The van der Waals surface area contributed by atoms with Gasteiger partial charge >= 0.3 is 5.97 Å². The lowest BCUT2D eigenvalue weighted by molar-refractivity contribution is -0.146. The molecular weight excluding hydrogens is 288 g/mol. The normalized spacial score (nSPS) is 48.7. The zero-order valence-electron chi connectivity index (χ0n) is 14.2. The van der Waals surface area contributed by atoms with Crippen molar-refractivity contribution < 1.29 is 15.0 Å². The molecule has 4 aliphatic rings. The Morgan fingerprint density at radius 2 is 1.87 bits per heavy atom. The van der Waals surface area contributed by atoms with Crippen LogP contribution in [0.25, 0.3) is 0 Å². The minimum absolute atomic E-state index is 0.0654. The zero-order chi connectivity index (χ0) is 16.4. The van der Waals surface area contributed by atoms with Crippen LogP contribution in [0.15, 0.2) is 23.3 Å². The van der Waals surface area contributed by atoms with Crippen molar-refractivity contribution in [1.29, 1.82) is 0 Å². The molecule has 3 fully saturated rings. The second-order valence-corrected chi connectivity index (χ2v) is 8.79. The standard InChI is InChI=1S/C20H28O3/c1-19-9-7-13(21)11-12(19)3-4-14-15-5-6-17(18(22)23)20(15,2)10-8-16(14)19/h3-4,13,15-17,21H,5-11H2,1-2H3,(H,22,23)/t13-,15?,16?,17+,19-,20-/m0/s1. The van der Waals surface area contributed by atoms with E-state index in [-0.39, 0.29) is 22.9 Å². The third-order valence-corrected chi connectivity index (χ3v) is 7.84. The highest BCUT2D eigenvalue weighted by molar-refractivity contribution is 5.72. The van der Waals surface area contributed by atoms with Crippen LogP contribution in [0.1, 0.15) is 58.8 Å². The summed E-state index contributed by atoms with van der Waals surface area (Å²) < 4.78 is 0. The van der Waals surface area contributed by atoms with Gasteiger partial charge in [-0.15, -0.1) is 0 Å². The van der Waals surface area contributed by atoms with Gasteiger partial charge in [0.1, 0.15) is 0 Å². The quantitative estimate of drug-likeness (QED) is 0.770. The highest BCUT2D eigenvalue weighted by atomic mass is 16.4. The Morgan fingerprint density at radius 1 is 1.09 bits per heavy atom. The number of rotatable bonds is 1. The lowest BCUT2D eigenvalue weighted by Gasteiger charge is -2.54. The number of carboxylic acid groups (broad SMARTS) is 1. The molecule has 0 aromatic heterocycles. The Kier molecular flexibility index (Phi) is 3.32. The third kappa shape index (κ3) is 2.02. The molecule has 0 aromatic rings. The molecule has 23 heavy (non-hydrogen) atoms. The maximum Gasteiger partial charge on any atom is 0.307 e. The molecule has 126 valence electrons. The summed E-state index contributed by atoms with van der Waals surface area (Å²) in [6.07, 6.45) is 11.1. The fraction of sp³-hybridized carbons (Fsp3) is 0.750. The first-order valence-electron chi connectivity index (χ1n) is 9.18. The molecule has 0 radical (unpaired) electrons. The average Bonchev–Trinajstić information content (AvgIpc) is 2.85. The Balaban J connectivity index is 1.72. The van der Waals surface area contributed by atoms with Gasteiger partial charge in [0.05, 0.1) is 12.0 Å². The minimum atomic E-state index is -0.604. The van der Waals surface area contributed by atoms with Gasteiger partial charge in [-0.1, -0.05) is 37.1 Å². The molecule has 3 heteroatoms. The predicted molar refractivity (Wildman–Crippen MR) is 88.8 cm³/mol. The molecule has 6 atom stereocenters. The largest absolute Gasteiger partial charge is 0.481 e. The van der Waals surface area contributed by atoms with Gasteiger partial charge in [-0.2, -0.15) is 0 Å². The molecule has 4 rings (SSSR count). The molecule has 0 heterocycles. The monoisotopic (exact) mass is 316 g/mol. The van der Waals surface area contributed by atoms with Crippen LogP contribution in [0.3, 0.4) is 0 Å². The summed E-state index contributed by atoms with van der Waals surface area (Å²) in [5, 5.41) is 19.6. The predicted octanol–water partition coefficient (Wildman–Crippen LogP) is 3.93. The van der Waals surface area contributed by atoms with Crippen LogP contribution in [0.4, 0.5) is 0 Å². The Hall–Kier alpha value is -1.09. The van der Waals surface area contributed by atoms with Gasteiger partial charge in [-0.3, -0.25) is 4.79 Å². The van der Waals surface area contributed by atoms with E-state index in [9.17, 15) is 15.0 Å². The van der Waals surface area contributed by atoms with E-state index in [0.29, 0.717) is 11.8 Å². The van der Waals surface area contributed by atoms with Crippen LogP contribution in [-0.4, -0.2) is 22.3 Å². The van der Waals surface area contributed by atoms with Crippen molar-refractivity contribution in [1.82, 2.24) is 0 Å². The van der Waals surface area contributed by atoms with Gasteiger partial charge in [-0.05, 0) is 67.6 Å². The van der Waals surface area contributed by atoms with Crippen molar-refractivity contribution >= 4 is 5.97 Å². The lowest BCUT2D eigenvalue weighted by atomic mass is 9.50. The molecule has 0 spiro atoms. The smallest absolute Gasteiger partial charge is 0.307 e. The molecule has 3 nitrogen and oxygen atoms in total. The summed E-state index contributed by atoms with van der Waals surface area (Å²) in [6.45, 7) is 4.60. The molecule has 3 saturated carbocycles. The molecule has 0 aromatic carbocycles. The van der Waals surface area contributed by atoms with Gasteiger partial charge in [0.25, 0.3) is 0 Å². The van der Waals surface area contributed by atoms with Crippen molar-refractivity contribution in [2.24, 2.45) is 28.6 Å². The van der Waals surface area contributed by atoms with Crippen LogP contribution in [0.2, 0.25) is 0 Å². The van der Waals surface area contributed by atoms with E-state index in [1.165, 1.54) is 11.1 Å². The number of fused-ring (bicyclic) bond motifs is 5. The van der Waals surface area contributed by atoms with Crippen LogP contribution < -0.4 is 0 Å². The van der Waals surface area contributed by atoms with Crippen LogP contribution in [0, 0.1) is 28.6 Å². The Bertz CT molecular complexity index is 604. The van der Waals surface area contributed by atoms with E-state index in [2.05, 4.69) is 26.0 Å². The van der Waals surface area contributed by atoms with E-state index in [1.54, 1.807) is 0 Å². The molecular formula is C20H28O3. The van der Waals surface area contributed by atoms with Gasteiger partial charge in [0, 0.05) is 0 Å². The second kappa shape index (κ2) is 4.95. The lowest BCUT2D eigenvalue weighted by Crippen LogP contribution is -2.46. The first-order valence-corrected chi connectivity index (χ1v) is 9.18. The van der Waals surface area contributed by atoms with Crippen LogP contribution >= 0.6 is 0 Å². The van der Waals surface area contributed by atoms with E-state index >= 15 is 0 Å².